The fraction of sp³-hybridized carbons (Fsp3) is 0.143. The number of aromatic nitrogens is 1. The predicted molar refractivity (Wildman–Crippen MR) is 67.5 cm³/mol. The summed E-state index contributed by atoms with van der Waals surface area (Å²) in [5, 5.41) is 0. The Morgan fingerprint density at radius 1 is 1.22 bits per heavy atom. The number of carbonyl (C=O) groups is 1. The molecule has 0 spiro atoms. The number of hydrogen-bond acceptors (Lipinski definition) is 4. The summed E-state index contributed by atoms with van der Waals surface area (Å²) in [6.07, 6.45) is 1.69. The quantitative estimate of drug-likeness (QED) is 0.614. The van der Waals surface area contributed by atoms with Crippen molar-refractivity contribution in [3.63, 3.8) is 0 Å². The highest BCUT2D eigenvalue weighted by Crippen LogP contribution is 2.32. The largest absolute Gasteiger partial charge is 0.497 e. The van der Waals surface area contributed by atoms with E-state index in [1.54, 1.807) is 31.5 Å². The molecule has 0 amide bonds. The molecule has 1 aromatic heterocycles. The Bertz CT molecular complexity index is 552. The Hall–Kier alpha value is -2.36. The van der Waals surface area contributed by atoms with Crippen LogP contribution in [0.2, 0.25) is 0 Å². The Morgan fingerprint density at radius 2 is 2.06 bits per heavy atom. The summed E-state index contributed by atoms with van der Waals surface area (Å²) in [6, 6.07) is 10.8. The van der Waals surface area contributed by atoms with Crippen molar-refractivity contribution < 1.29 is 14.3 Å². The SMILES string of the molecule is COc1ccc(OC(C)=O)c(-c2ccccn2)c1. The zero-order valence-corrected chi connectivity index (χ0v) is 10.2. The van der Waals surface area contributed by atoms with Crippen molar-refractivity contribution in [1.82, 2.24) is 4.98 Å². The van der Waals surface area contributed by atoms with Crippen LogP contribution in [0.4, 0.5) is 0 Å². The second-order valence-electron chi connectivity index (χ2n) is 3.67. The molecule has 0 atom stereocenters. The molecule has 92 valence electrons. The zero-order chi connectivity index (χ0) is 13.0. The van der Waals surface area contributed by atoms with E-state index in [2.05, 4.69) is 4.98 Å². The third-order valence-electron chi connectivity index (χ3n) is 2.38. The maximum atomic E-state index is 11.1. The summed E-state index contributed by atoms with van der Waals surface area (Å²) in [6.45, 7) is 1.37. The lowest BCUT2D eigenvalue weighted by Gasteiger charge is -2.10. The van der Waals surface area contributed by atoms with E-state index < -0.39 is 0 Å². The van der Waals surface area contributed by atoms with E-state index >= 15 is 0 Å². The highest BCUT2D eigenvalue weighted by atomic mass is 16.5. The molecule has 0 aliphatic rings. The van der Waals surface area contributed by atoms with Gasteiger partial charge in [0.05, 0.1) is 12.8 Å². The van der Waals surface area contributed by atoms with Gasteiger partial charge in [0.15, 0.2) is 0 Å². The van der Waals surface area contributed by atoms with Crippen LogP contribution >= 0.6 is 0 Å². The molecule has 0 saturated carbocycles. The van der Waals surface area contributed by atoms with Gasteiger partial charge in [-0.1, -0.05) is 6.07 Å². The molecule has 4 nitrogen and oxygen atoms in total. The predicted octanol–water partition coefficient (Wildman–Crippen LogP) is 2.68. The first kappa shape index (κ1) is 12.1. The first-order valence-corrected chi connectivity index (χ1v) is 5.48. The minimum Gasteiger partial charge on any atom is -0.497 e. The molecule has 4 heteroatoms. The average molecular weight is 243 g/mol. The molecule has 0 aliphatic heterocycles. The summed E-state index contributed by atoms with van der Waals surface area (Å²) in [4.78, 5) is 15.3. The summed E-state index contributed by atoms with van der Waals surface area (Å²) >= 11 is 0. The van der Waals surface area contributed by atoms with Gasteiger partial charge in [0.25, 0.3) is 0 Å². The summed E-state index contributed by atoms with van der Waals surface area (Å²) in [5.41, 5.74) is 1.46. The molecule has 18 heavy (non-hydrogen) atoms. The minimum absolute atomic E-state index is 0.364. The van der Waals surface area contributed by atoms with Gasteiger partial charge in [-0.2, -0.15) is 0 Å². The van der Waals surface area contributed by atoms with E-state index in [9.17, 15) is 4.79 Å². The topological polar surface area (TPSA) is 48.4 Å². The third-order valence-corrected chi connectivity index (χ3v) is 2.38. The lowest BCUT2D eigenvalue weighted by atomic mass is 10.1. The minimum atomic E-state index is -0.364. The van der Waals surface area contributed by atoms with Crippen molar-refractivity contribution >= 4 is 5.97 Å². The number of esters is 1. The number of benzene rings is 1. The van der Waals surface area contributed by atoms with Gasteiger partial charge in [0, 0.05) is 18.7 Å². The number of rotatable bonds is 3. The molecule has 2 rings (SSSR count). The van der Waals surface area contributed by atoms with Crippen LogP contribution in [0.5, 0.6) is 11.5 Å². The summed E-state index contributed by atoms with van der Waals surface area (Å²) in [5.74, 6) is 0.797. The molecule has 1 aromatic carbocycles. The Kier molecular flexibility index (Phi) is 3.57. The maximum absolute atomic E-state index is 11.1. The molecule has 1 heterocycles. The monoisotopic (exact) mass is 243 g/mol. The molecule has 0 N–H and O–H groups in total. The van der Waals surface area contributed by atoms with Crippen LogP contribution < -0.4 is 9.47 Å². The Labute approximate surface area is 105 Å². The summed E-state index contributed by atoms with van der Waals surface area (Å²) in [7, 11) is 1.59. The lowest BCUT2D eigenvalue weighted by molar-refractivity contribution is -0.131. The van der Waals surface area contributed by atoms with Crippen LogP contribution in [0, 0.1) is 0 Å². The highest BCUT2D eigenvalue weighted by molar-refractivity contribution is 5.76. The van der Waals surface area contributed by atoms with Gasteiger partial charge in [-0.05, 0) is 30.3 Å². The zero-order valence-electron chi connectivity index (χ0n) is 10.2. The highest BCUT2D eigenvalue weighted by Gasteiger charge is 2.10. The molecule has 0 saturated heterocycles. The van der Waals surface area contributed by atoms with Crippen LogP contribution in [0.25, 0.3) is 11.3 Å². The van der Waals surface area contributed by atoms with Gasteiger partial charge >= 0.3 is 5.97 Å². The molecule has 0 bridgehead atoms. The van der Waals surface area contributed by atoms with Crippen molar-refractivity contribution in [2.45, 2.75) is 6.92 Å². The van der Waals surface area contributed by atoms with E-state index in [-0.39, 0.29) is 5.97 Å². The number of nitrogens with zero attached hydrogens (tertiary/aromatic N) is 1. The standard InChI is InChI=1S/C14H13NO3/c1-10(16)18-14-7-6-11(17-2)9-12(14)13-5-3-4-8-15-13/h3-9H,1-2H3. The van der Waals surface area contributed by atoms with Crippen molar-refractivity contribution in [3.05, 3.63) is 42.6 Å². The van der Waals surface area contributed by atoms with Gasteiger partial charge in [-0.3, -0.25) is 9.78 Å². The van der Waals surface area contributed by atoms with E-state index in [0.717, 1.165) is 11.3 Å². The molecular formula is C14H13NO3. The van der Waals surface area contributed by atoms with Crippen LogP contribution in [-0.2, 0) is 4.79 Å². The van der Waals surface area contributed by atoms with Gasteiger partial charge < -0.3 is 9.47 Å². The molecule has 0 radical (unpaired) electrons. The second kappa shape index (κ2) is 5.31. The summed E-state index contributed by atoms with van der Waals surface area (Å²) < 4.78 is 10.3. The number of pyridine rings is 1. The van der Waals surface area contributed by atoms with Crippen molar-refractivity contribution in [3.8, 4) is 22.8 Å². The smallest absolute Gasteiger partial charge is 0.308 e. The van der Waals surface area contributed by atoms with E-state index in [4.69, 9.17) is 9.47 Å². The van der Waals surface area contributed by atoms with Gasteiger partial charge in [-0.25, -0.2) is 0 Å². The average Bonchev–Trinajstić information content (AvgIpc) is 2.39. The maximum Gasteiger partial charge on any atom is 0.308 e. The number of ether oxygens (including phenoxy) is 2. The number of carbonyl (C=O) groups excluding carboxylic acids is 1. The van der Waals surface area contributed by atoms with E-state index in [0.29, 0.717) is 11.5 Å². The van der Waals surface area contributed by atoms with Gasteiger partial charge in [0.2, 0.25) is 0 Å². The van der Waals surface area contributed by atoms with Crippen LogP contribution in [0.1, 0.15) is 6.92 Å². The first-order valence-electron chi connectivity index (χ1n) is 5.48. The van der Waals surface area contributed by atoms with Crippen LogP contribution in [-0.4, -0.2) is 18.1 Å². The normalized spacial score (nSPS) is 9.89. The second-order valence-corrected chi connectivity index (χ2v) is 3.67. The number of hydrogen-bond donors (Lipinski definition) is 0. The molecule has 0 unspecified atom stereocenters. The van der Waals surface area contributed by atoms with Crippen molar-refractivity contribution in [2.24, 2.45) is 0 Å². The van der Waals surface area contributed by atoms with Crippen molar-refractivity contribution in [2.75, 3.05) is 7.11 Å². The molecule has 0 aliphatic carbocycles. The lowest BCUT2D eigenvalue weighted by Crippen LogP contribution is -2.03. The fourth-order valence-electron chi connectivity index (χ4n) is 1.60. The molecular weight excluding hydrogens is 230 g/mol. The van der Waals surface area contributed by atoms with Crippen molar-refractivity contribution in [1.29, 1.82) is 0 Å². The van der Waals surface area contributed by atoms with Crippen LogP contribution in [0.15, 0.2) is 42.6 Å². The third kappa shape index (κ3) is 2.66. The molecule has 2 aromatic rings. The van der Waals surface area contributed by atoms with E-state index in [1.165, 1.54) is 6.92 Å². The van der Waals surface area contributed by atoms with Crippen LogP contribution in [0.3, 0.4) is 0 Å². The van der Waals surface area contributed by atoms with Gasteiger partial charge in [-0.15, -0.1) is 0 Å². The number of methoxy groups -OCH3 is 1. The van der Waals surface area contributed by atoms with E-state index in [1.807, 2.05) is 18.2 Å². The molecule has 0 fully saturated rings. The van der Waals surface area contributed by atoms with Gasteiger partial charge in [0.1, 0.15) is 11.5 Å². The Balaban J connectivity index is 2.51. The first-order chi connectivity index (χ1) is 8.70. The fourth-order valence-corrected chi connectivity index (χ4v) is 1.60. The Morgan fingerprint density at radius 3 is 2.67 bits per heavy atom.